The average Bonchev–Trinajstić information content (AvgIpc) is 2.46. The van der Waals surface area contributed by atoms with E-state index in [0.29, 0.717) is 16.8 Å². The Labute approximate surface area is 113 Å². The van der Waals surface area contributed by atoms with E-state index in [4.69, 9.17) is 10.5 Å². The lowest BCUT2D eigenvalue weighted by Crippen LogP contribution is -2.05. The van der Waals surface area contributed by atoms with Crippen LogP contribution >= 0.6 is 0 Å². The van der Waals surface area contributed by atoms with Crippen LogP contribution in [0.25, 0.3) is 0 Å². The largest absolute Gasteiger partial charge is 0.497 e. The molecule has 0 saturated carbocycles. The third-order valence-electron chi connectivity index (χ3n) is 3.11. The summed E-state index contributed by atoms with van der Waals surface area (Å²) in [6.07, 6.45) is 0.785. The molecule has 0 aliphatic carbocycles. The summed E-state index contributed by atoms with van der Waals surface area (Å²) in [6.45, 7) is 2.02. The number of carbonyl (C=O) groups excluding carboxylic acids is 1. The van der Waals surface area contributed by atoms with Crippen molar-refractivity contribution < 1.29 is 9.53 Å². The molecule has 3 nitrogen and oxygen atoms in total. The zero-order valence-corrected chi connectivity index (χ0v) is 11.1. The maximum Gasteiger partial charge on any atom is 0.193 e. The molecule has 0 saturated heterocycles. The van der Waals surface area contributed by atoms with Crippen LogP contribution in [-0.2, 0) is 6.42 Å². The second-order valence-electron chi connectivity index (χ2n) is 4.33. The van der Waals surface area contributed by atoms with Crippen molar-refractivity contribution in [1.29, 1.82) is 0 Å². The molecule has 2 N–H and O–H groups in total. The predicted molar refractivity (Wildman–Crippen MR) is 76.7 cm³/mol. The Morgan fingerprint density at radius 2 is 1.84 bits per heavy atom. The molecule has 0 aliphatic heterocycles. The number of nitrogen functional groups attached to an aromatic ring is 1. The number of hydrogen-bond donors (Lipinski definition) is 1. The minimum atomic E-state index is 0.0134. The Kier molecular flexibility index (Phi) is 3.85. The normalized spacial score (nSPS) is 10.2. The highest BCUT2D eigenvalue weighted by atomic mass is 16.5. The molecule has 0 atom stereocenters. The van der Waals surface area contributed by atoms with Gasteiger partial charge in [-0.05, 0) is 54.4 Å². The number of ketones is 1. The van der Waals surface area contributed by atoms with Crippen molar-refractivity contribution in [2.24, 2.45) is 0 Å². The molecule has 3 heteroatoms. The van der Waals surface area contributed by atoms with E-state index in [1.807, 2.05) is 25.1 Å². The monoisotopic (exact) mass is 255 g/mol. The van der Waals surface area contributed by atoms with Gasteiger partial charge in [0.05, 0.1) is 7.11 Å². The molecular weight excluding hydrogens is 238 g/mol. The van der Waals surface area contributed by atoms with E-state index >= 15 is 0 Å². The van der Waals surface area contributed by atoms with Crippen LogP contribution in [-0.4, -0.2) is 12.9 Å². The van der Waals surface area contributed by atoms with Crippen molar-refractivity contribution in [3.8, 4) is 5.75 Å². The van der Waals surface area contributed by atoms with E-state index in [1.165, 1.54) is 0 Å². The molecule has 0 amide bonds. The minimum Gasteiger partial charge on any atom is -0.497 e. The molecule has 0 radical (unpaired) electrons. The summed E-state index contributed by atoms with van der Waals surface area (Å²) in [5.41, 5.74) is 8.64. The number of hydrogen-bond acceptors (Lipinski definition) is 3. The first-order chi connectivity index (χ1) is 9.15. The van der Waals surface area contributed by atoms with Gasteiger partial charge in [-0.3, -0.25) is 4.79 Å². The molecule has 0 aliphatic rings. The highest BCUT2D eigenvalue weighted by Crippen LogP contribution is 2.21. The van der Waals surface area contributed by atoms with Crippen LogP contribution in [0.2, 0.25) is 0 Å². The van der Waals surface area contributed by atoms with Crippen LogP contribution in [0.15, 0.2) is 42.5 Å². The van der Waals surface area contributed by atoms with Gasteiger partial charge in [0, 0.05) is 16.8 Å². The molecule has 0 spiro atoms. The number of methoxy groups -OCH3 is 1. The number of aryl methyl sites for hydroxylation is 1. The molecule has 0 bridgehead atoms. The van der Waals surface area contributed by atoms with Crippen molar-refractivity contribution in [2.75, 3.05) is 12.8 Å². The topological polar surface area (TPSA) is 52.3 Å². The first kappa shape index (κ1) is 13.1. The van der Waals surface area contributed by atoms with E-state index < -0.39 is 0 Å². The number of ether oxygens (including phenoxy) is 1. The minimum absolute atomic E-state index is 0.0134. The van der Waals surface area contributed by atoms with Gasteiger partial charge in [0.25, 0.3) is 0 Å². The van der Waals surface area contributed by atoms with Gasteiger partial charge in [0.2, 0.25) is 0 Å². The zero-order valence-electron chi connectivity index (χ0n) is 11.1. The van der Waals surface area contributed by atoms with E-state index in [0.717, 1.165) is 17.7 Å². The number of carbonyl (C=O) groups is 1. The fourth-order valence-corrected chi connectivity index (χ4v) is 2.00. The third kappa shape index (κ3) is 2.76. The van der Waals surface area contributed by atoms with Crippen molar-refractivity contribution >= 4 is 11.5 Å². The molecule has 0 aromatic heterocycles. The van der Waals surface area contributed by atoms with Gasteiger partial charge < -0.3 is 10.5 Å². The van der Waals surface area contributed by atoms with E-state index in [9.17, 15) is 4.79 Å². The second-order valence-corrected chi connectivity index (χ2v) is 4.33. The number of nitrogens with two attached hydrogens (primary N) is 1. The van der Waals surface area contributed by atoms with Gasteiger partial charge >= 0.3 is 0 Å². The smallest absolute Gasteiger partial charge is 0.193 e. The van der Waals surface area contributed by atoms with Gasteiger partial charge in [-0.25, -0.2) is 0 Å². The van der Waals surface area contributed by atoms with Gasteiger partial charge in [0.1, 0.15) is 5.75 Å². The van der Waals surface area contributed by atoms with Crippen molar-refractivity contribution in [3.63, 3.8) is 0 Å². The first-order valence-electron chi connectivity index (χ1n) is 6.23. The Bertz CT molecular complexity index is 588. The Morgan fingerprint density at radius 1 is 1.16 bits per heavy atom. The Hall–Kier alpha value is -2.29. The Balaban J connectivity index is 2.40. The molecule has 98 valence electrons. The first-order valence-corrected chi connectivity index (χ1v) is 6.23. The number of rotatable bonds is 4. The summed E-state index contributed by atoms with van der Waals surface area (Å²) in [6, 6.07) is 12.5. The lowest BCUT2D eigenvalue weighted by Gasteiger charge is -2.09. The molecule has 0 fully saturated rings. The van der Waals surface area contributed by atoms with Gasteiger partial charge in [-0.2, -0.15) is 0 Å². The molecule has 2 rings (SSSR count). The van der Waals surface area contributed by atoms with Gasteiger partial charge in [0.15, 0.2) is 5.78 Å². The summed E-state index contributed by atoms with van der Waals surface area (Å²) in [5, 5.41) is 0. The average molecular weight is 255 g/mol. The highest BCUT2D eigenvalue weighted by Gasteiger charge is 2.13. The van der Waals surface area contributed by atoms with Crippen LogP contribution in [0.5, 0.6) is 5.75 Å². The van der Waals surface area contributed by atoms with Crippen LogP contribution in [0.1, 0.15) is 28.4 Å². The number of benzene rings is 2. The Morgan fingerprint density at radius 3 is 2.42 bits per heavy atom. The second kappa shape index (κ2) is 5.57. The molecule has 0 heterocycles. The van der Waals surface area contributed by atoms with Crippen molar-refractivity contribution in [3.05, 3.63) is 59.2 Å². The van der Waals surface area contributed by atoms with Crippen LogP contribution in [0.3, 0.4) is 0 Å². The maximum absolute atomic E-state index is 12.5. The fraction of sp³-hybridized carbons (Fsp3) is 0.188. The van der Waals surface area contributed by atoms with Gasteiger partial charge in [-0.15, -0.1) is 0 Å². The molecule has 2 aromatic rings. The quantitative estimate of drug-likeness (QED) is 0.674. The van der Waals surface area contributed by atoms with E-state index in [-0.39, 0.29) is 5.78 Å². The summed E-state index contributed by atoms with van der Waals surface area (Å²) >= 11 is 0. The van der Waals surface area contributed by atoms with E-state index in [1.54, 1.807) is 31.4 Å². The van der Waals surface area contributed by atoms with Crippen LogP contribution in [0, 0.1) is 0 Å². The summed E-state index contributed by atoms with van der Waals surface area (Å²) < 4.78 is 5.19. The molecule has 19 heavy (non-hydrogen) atoms. The fourth-order valence-electron chi connectivity index (χ4n) is 2.00. The third-order valence-corrected chi connectivity index (χ3v) is 3.11. The van der Waals surface area contributed by atoms with Crippen LogP contribution in [0.4, 0.5) is 5.69 Å². The van der Waals surface area contributed by atoms with Crippen LogP contribution < -0.4 is 10.5 Å². The SMILES string of the molecule is CCc1cc(OC)ccc1C(=O)c1ccc(N)cc1. The summed E-state index contributed by atoms with van der Waals surface area (Å²) in [5.74, 6) is 0.783. The van der Waals surface area contributed by atoms with Crippen molar-refractivity contribution in [2.45, 2.75) is 13.3 Å². The highest BCUT2D eigenvalue weighted by molar-refractivity contribution is 6.10. The van der Waals surface area contributed by atoms with Gasteiger partial charge in [-0.1, -0.05) is 6.92 Å². The molecular formula is C16H17NO2. The number of anilines is 1. The summed E-state index contributed by atoms with van der Waals surface area (Å²) in [7, 11) is 1.62. The molecule has 2 aromatic carbocycles. The van der Waals surface area contributed by atoms with Crippen molar-refractivity contribution in [1.82, 2.24) is 0 Å². The lowest BCUT2D eigenvalue weighted by atomic mass is 9.96. The predicted octanol–water partition coefficient (Wildman–Crippen LogP) is 3.07. The van der Waals surface area contributed by atoms with E-state index in [2.05, 4.69) is 0 Å². The zero-order chi connectivity index (χ0) is 13.8. The summed E-state index contributed by atoms with van der Waals surface area (Å²) in [4.78, 5) is 12.5. The lowest BCUT2D eigenvalue weighted by molar-refractivity contribution is 0.103. The standard InChI is InChI=1S/C16H17NO2/c1-3-11-10-14(19-2)8-9-15(11)16(18)12-4-6-13(17)7-5-12/h4-10H,3,17H2,1-2H3. The molecule has 0 unspecified atom stereocenters. The maximum atomic E-state index is 12.5.